The Labute approximate surface area is 137 Å². The molecule has 1 saturated carbocycles. The van der Waals surface area contributed by atoms with Crippen LogP contribution in [0.25, 0.3) is 0 Å². The fraction of sp³-hybridized carbons (Fsp3) is 0.688. The van der Waals surface area contributed by atoms with E-state index >= 15 is 0 Å². The minimum absolute atomic E-state index is 0.326. The maximum absolute atomic E-state index is 10.6. The molecule has 1 aromatic heterocycles. The fourth-order valence-corrected chi connectivity index (χ4v) is 3.72. The third kappa shape index (κ3) is 4.68. The zero-order chi connectivity index (χ0) is 15.8. The number of hydrogen-bond donors (Lipinski definition) is 3. The van der Waals surface area contributed by atoms with Gasteiger partial charge in [0.25, 0.3) is 0 Å². The molecule has 1 aromatic rings. The smallest absolute Gasteiger partial charge is 0.191 e. The van der Waals surface area contributed by atoms with Crippen LogP contribution in [0.1, 0.15) is 32.4 Å². The van der Waals surface area contributed by atoms with Crippen molar-refractivity contribution in [2.24, 2.45) is 4.99 Å². The highest BCUT2D eigenvalue weighted by atomic mass is 32.2. The van der Waals surface area contributed by atoms with Gasteiger partial charge in [-0.1, -0.05) is 6.92 Å². The van der Waals surface area contributed by atoms with Gasteiger partial charge in [-0.3, -0.25) is 4.99 Å². The summed E-state index contributed by atoms with van der Waals surface area (Å²) in [6, 6.07) is 3.86. The Bertz CT molecular complexity index is 464. The van der Waals surface area contributed by atoms with Gasteiger partial charge in [-0.2, -0.15) is 11.8 Å². The Morgan fingerprint density at radius 3 is 2.95 bits per heavy atom. The predicted molar refractivity (Wildman–Crippen MR) is 92.5 cm³/mol. The monoisotopic (exact) mass is 325 g/mol. The van der Waals surface area contributed by atoms with E-state index < -0.39 is 5.60 Å². The third-order valence-corrected chi connectivity index (χ3v) is 5.32. The average Bonchev–Trinajstić information content (AvgIpc) is 3.02. The summed E-state index contributed by atoms with van der Waals surface area (Å²) >= 11 is 1.83. The molecule has 124 valence electrons. The largest absolute Gasteiger partial charge is 0.469 e. The molecule has 1 fully saturated rings. The second-order valence-electron chi connectivity index (χ2n) is 5.54. The number of aliphatic imine (C=N–C) groups is 1. The van der Waals surface area contributed by atoms with Crippen molar-refractivity contribution >= 4 is 17.7 Å². The summed E-state index contributed by atoms with van der Waals surface area (Å²) < 4.78 is 5.31. The maximum Gasteiger partial charge on any atom is 0.191 e. The van der Waals surface area contributed by atoms with Gasteiger partial charge in [-0.25, -0.2) is 0 Å². The second kappa shape index (κ2) is 8.48. The molecule has 0 bridgehead atoms. The van der Waals surface area contributed by atoms with Crippen molar-refractivity contribution in [3.05, 3.63) is 24.2 Å². The van der Waals surface area contributed by atoms with E-state index in [9.17, 15) is 5.11 Å². The summed E-state index contributed by atoms with van der Waals surface area (Å²) in [6.07, 6.45) is 4.44. The zero-order valence-corrected chi connectivity index (χ0v) is 14.3. The summed E-state index contributed by atoms with van der Waals surface area (Å²) in [5.74, 6) is 2.76. The number of guanidine groups is 1. The van der Waals surface area contributed by atoms with Gasteiger partial charge in [0.15, 0.2) is 5.96 Å². The summed E-state index contributed by atoms with van der Waals surface area (Å²) in [5, 5.41) is 17.4. The number of hydrogen-bond acceptors (Lipinski definition) is 4. The van der Waals surface area contributed by atoms with Gasteiger partial charge >= 0.3 is 0 Å². The lowest BCUT2D eigenvalue weighted by atomic mass is 9.79. The molecule has 22 heavy (non-hydrogen) atoms. The van der Waals surface area contributed by atoms with Gasteiger partial charge in [0.05, 0.1) is 18.4 Å². The number of nitrogens with zero attached hydrogens (tertiary/aromatic N) is 1. The van der Waals surface area contributed by atoms with Gasteiger partial charge in [0.2, 0.25) is 0 Å². The van der Waals surface area contributed by atoms with Crippen molar-refractivity contribution in [3.63, 3.8) is 0 Å². The highest BCUT2D eigenvalue weighted by Crippen LogP contribution is 2.41. The van der Waals surface area contributed by atoms with E-state index in [1.807, 2.05) is 30.8 Å². The molecule has 0 spiro atoms. The number of rotatable bonds is 8. The van der Waals surface area contributed by atoms with Gasteiger partial charge in [-0.15, -0.1) is 0 Å². The van der Waals surface area contributed by atoms with Gasteiger partial charge in [0, 0.05) is 24.8 Å². The molecule has 0 radical (unpaired) electrons. The van der Waals surface area contributed by atoms with Crippen LogP contribution in [0.2, 0.25) is 0 Å². The molecule has 2 atom stereocenters. The van der Waals surface area contributed by atoms with Gasteiger partial charge < -0.3 is 20.2 Å². The standard InChI is InChI=1S/C16H27N3O2S/c1-3-17-15(18-10-8-13-6-5-11-21-13)19-12-16(20)9-7-14(16)22-4-2/h5-6,11,14,20H,3-4,7-10,12H2,1-2H3,(H2,17,18,19). The molecule has 0 aliphatic heterocycles. The molecule has 0 aromatic carbocycles. The molecule has 0 saturated heterocycles. The number of nitrogens with one attached hydrogen (secondary N) is 2. The molecular formula is C16H27N3O2S. The summed E-state index contributed by atoms with van der Waals surface area (Å²) in [6.45, 7) is 6.19. The van der Waals surface area contributed by atoms with Crippen LogP contribution < -0.4 is 10.6 Å². The number of thioether (sulfide) groups is 1. The van der Waals surface area contributed by atoms with E-state index in [2.05, 4.69) is 22.5 Å². The normalized spacial score (nSPS) is 24.9. The molecule has 6 heteroatoms. The predicted octanol–water partition coefficient (Wildman–Crippen LogP) is 2.02. The fourth-order valence-electron chi connectivity index (χ4n) is 2.53. The van der Waals surface area contributed by atoms with Gasteiger partial charge in [-0.05, 0) is 37.7 Å². The number of furan rings is 1. The van der Waals surface area contributed by atoms with Crippen LogP contribution in [0.5, 0.6) is 0 Å². The van der Waals surface area contributed by atoms with E-state index in [1.165, 1.54) is 0 Å². The van der Waals surface area contributed by atoms with Crippen molar-refractivity contribution in [3.8, 4) is 0 Å². The molecule has 3 N–H and O–H groups in total. The molecule has 1 heterocycles. The maximum atomic E-state index is 10.6. The van der Waals surface area contributed by atoms with Crippen LogP contribution in [0.4, 0.5) is 0 Å². The zero-order valence-electron chi connectivity index (χ0n) is 13.5. The molecule has 1 aliphatic rings. The minimum Gasteiger partial charge on any atom is -0.469 e. The van der Waals surface area contributed by atoms with Crippen molar-refractivity contribution in [2.45, 2.75) is 44.0 Å². The average molecular weight is 325 g/mol. The lowest BCUT2D eigenvalue weighted by Gasteiger charge is -2.44. The topological polar surface area (TPSA) is 69.8 Å². The van der Waals surface area contributed by atoms with E-state index in [0.717, 1.165) is 49.8 Å². The SMILES string of the molecule is CCNC(=NCC1(O)CCC1SCC)NCCc1ccco1. The van der Waals surface area contributed by atoms with Crippen LogP contribution >= 0.6 is 11.8 Å². The lowest BCUT2D eigenvalue weighted by molar-refractivity contribution is -0.0154. The summed E-state index contributed by atoms with van der Waals surface area (Å²) in [5.41, 5.74) is -0.635. The first-order valence-corrected chi connectivity index (χ1v) is 9.11. The second-order valence-corrected chi connectivity index (χ2v) is 7.02. The van der Waals surface area contributed by atoms with E-state index in [4.69, 9.17) is 4.42 Å². The lowest BCUT2D eigenvalue weighted by Crippen LogP contribution is -2.53. The highest BCUT2D eigenvalue weighted by molar-refractivity contribution is 8.00. The van der Waals surface area contributed by atoms with Crippen LogP contribution in [0.3, 0.4) is 0 Å². The molecule has 5 nitrogen and oxygen atoms in total. The van der Waals surface area contributed by atoms with Crippen molar-refractivity contribution in [1.82, 2.24) is 10.6 Å². The van der Waals surface area contributed by atoms with Crippen molar-refractivity contribution in [2.75, 3.05) is 25.4 Å². The quantitative estimate of drug-likeness (QED) is 0.504. The van der Waals surface area contributed by atoms with Crippen LogP contribution in [-0.2, 0) is 6.42 Å². The van der Waals surface area contributed by atoms with Crippen molar-refractivity contribution < 1.29 is 9.52 Å². The van der Waals surface area contributed by atoms with E-state index in [0.29, 0.717) is 11.8 Å². The molecular weight excluding hydrogens is 298 g/mol. The Morgan fingerprint density at radius 1 is 1.50 bits per heavy atom. The summed E-state index contributed by atoms with van der Waals surface area (Å²) in [7, 11) is 0. The molecule has 0 amide bonds. The Hall–Kier alpha value is -1.14. The first kappa shape index (κ1) is 17.2. The van der Waals surface area contributed by atoms with Crippen LogP contribution in [0, 0.1) is 0 Å². The molecule has 1 aliphatic carbocycles. The van der Waals surface area contributed by atoms with Crippen molar-refractivity contribution in [1.29, 1.82) is 0 Å². The van der Waals surface area contributed by atoms with Crippen LogP contribution in [-0.4, -0.2) is 47.3 Å². The third-order valence-electron chi connectivity index (χ3n) is 3.91. The summed E-state index contributed by atoms with van der Waals surface area (Å²) in [4.78, 5) is 4.56. The molecule has 2 unspecified atom stereocenters. The van der Waals surface area contributed by atoms with E-state index in [1.54, 1.807) is 6.26 Å². The van der Waals surface area contributed by atoms with Gasteiger partial charge in [0.1, 0.15) is 5.76 Å². The Kier molecular flexibility index (Phi) is 6.64. The number of aliphatic hydroxyl groups is 1. The van der Waals surface area contributed by atoms with E-state index in [-0.39, 0.29) is 0 Å². The Balaban J connectivity index is 1.81. The first-order chi connectivity index (χ1) is 10.7. The minimum atomic E-state index is -0.635. The molecule has 2 rings (SSSR count). The van der Waals surface area contributed by atoms with Crippen LogP contribution in [0.15, 0.2) is 27.8 Å². The highest BCUT2D eigenvalue weighted by Gasteiger charge is 2.45. The Morgan fingerprint density at radius 2 is 2.36 bits per heavy atom. The first-order valence-electron chi connectivity index (χ1n) is 8.06.